The molecule has 1 amide bonds. The lowest BCUT2D eigenvalue weighted by atomic mass is 10.1. The first kappa shape index (κ1) is 18.3. The zero-order valence-corrected chi connectivity index (χ0v) is 14.9. The van der Waals surface area contributed by atoms with Gasteiger partial charge in [0, 0.05) is 11.2 Å². The zero-order valence-electron chi connectivity index (χ0n) is 13.3. The molecule has 1 aromatic heterocycles. The standard InChI is InChI=1S/C17H17ClN2O3S/c1-11(12-5-7-13(18)8-6-12)20-15(21)10-23-17(22)14-4-3-9-19-16(14)24-2/h3-9,11H,10H2,1-2H3,(H,20,21)/t11-/m0/s1. The van der Waals surface area contributed by atoms with Crippen LogP contribution in [-0.4, -0.2) is 29.7 Å². The zero-order chi connectivity index (χ0) is 17.5. The number of rotatable bonds is 6. The highest BCUT2D eigenvalue weighted by Crippen LogP contribution is 2.18. The molecule has 2 aromatic rings. The first-order valence-electron chi connectivity index (χ1n) is 7.22. The van der Waals surface area contributed by atoms with Crippen LogP contribution in [-0.2, 0) is 9.53 Å². The van der Waals surface area contributed by atoms with Gasteiger partial charge in [0.1, 0.15) is 5.03 Å². The highest BCUT2D eigenvalue weighted by Gasteiger charge is 2.16. The van der Waals surface area contributed by atoms with E-state index >= 15 is 0 Å². The summed E-state index contributed by atoms with van der Waals surface area (Å²) in [6.45, 7) is 1.50. The molecule has 0 aliphatic heterocycles. The fourth-order valence-corrected chi connectivity index (χ4v) is 2.70. The summed E-state index contributed by atoms with van der Waals surface area (Å²) >= 11 is 7.18. The van der Waals surface area contributed by atoms with E-state index in [9.17, 15) is 9.59 Å². The lowest BCUT2D eigenvalue weighted by Crippen LogP contribution is -2.31. The van der Waals surface area contributed by atoms with E-state index in [-0.39, 0.29) is 18.6 Å². The third kappa shape index (κ3) is 4.97. The van der Waals surface area contributed by atoms with Crippen molar-refractivity contribution in [2.24, 2.45) is 0 Å². The summed E-state index contributed by atoms with van der Waals surface area (Å²) in [7, 11) is 0. The van der Waals surface area contributed by atoms with Crippen molar-refractivity contribution in [1.29, 1.82) is 0 Å². The number of carbonyl (C=O) groups is 2. The van der Waals surface area contributed by atoms with Gasteiger partial charge in [0.25, 0.3) is 5.91 Å². The maximum absolute atomic E-state index is 12.1. The number of benzene rings is 1. The maximum atomic E-state index is 12.1. The van der Waals surface area contributed by atoms with E-state index in [0.29, 0.717) is 15.6 Å². The van der Waals surface area contributed by atoms with Crippen LogP contribution in [0.3, 0.4) is 0 Å². The van der Waals surface area contributed by atoms with Crippen molar-refractivity contribution >= 4 is 35.2 Å². The lowest BCUT2D eigenvalue weighted by Gasteiger charge is -2.14. The quantitative estimate of drug-likeness (QED) is 0.627. The Morgan fingerprint density at radius 1 is 1.29 bits per heavy atom. The summed E-state index contributed by atoms with van der Waals surface area (Å²) < 4.78 is 5.06. The molecule has 0 aliphatic rings. The van der Waals surface area contributed by atoms with Crippen molar-refractivity contribution in [3.8, 4) is 0 Å². The van der Waals surface area contributed by atoms with E-state index in [1.54, 1.807) is 30.5 Å². The predicted molar refractivity (Wildman–Crippen MR) is 94.3 cm³/mol. The van der Waals surface area contributed by atoms with Crippen molar-refractivity contribution in [3.05, 3.63) is 58.7 Å². The van der Waals surface area contributed by atoms with E-state index in [1.807, 2.05) is 25.3 Å². The Bertz CT molecular complexity index is 722. The van der Waals surface area contributed by atoms with E-state index in [2.05, 4.69) is 10.3 Å². The number of aromatic nitrogens is 1. The number of esters is 1. The third-order valence-electron chi connectivity index (χ3n) is 3.27. The summed E-state index contributed by atoms with van der Waals surface area (Å²) in [5.74, 6) is -0.942. The number of hydrogen-bond acceptors (Lipinski definition) is 5. The topological polar surface area (TPSA) is 68.3 Å². The number of carbonyl (C=O) groups excluding carboxylic acids is 2. The van der Waals surface area contributed by atoms with Crippen LogP contribution in [0.1, 0.15) is 28.9 Å². The van der Waals surface area contributed by atoms with Crippen LogP contribution in [0.25, 0.3) is 0 Å². The molecule has 0 bridgehead atoms. The molecule has 0 aliphatic carbocycles. The maximum Gasteiger partial charge on any atom is 0.341 e. The largest absolute Gasteiger partial charge is 0.452 e. The van der Waals surface area contributed by atoms with Crippen molar-refractivity contribution < 1.29 is 14.3 Å². The van der Waals surface area contributed by atoms with E-state index < -0.39 is 5.97 Å². The van der Waals surface area contributed by atoms with Gasteiger partial charge in [0.2, 0.25) is 0 Å². The lowest BCUT2D eigenvalue weighted by molar-refractivity contribution is -0.124. The van der Waals surface area contributed by atoms with E-state index in [0.717, 1.165) is 5.56 Å². The average Bonchev–Trinajstić information content (AvgIpc) is 2.60. The highest BCUT2D eigenvalue weighted by atomic mass is 35.5. The Morgan fingerprint density at radius 2 is 2.00 bits per heavy atom. The van der Waals surface area contributed by atoms with Gasteiger partial charge in [0.15, 0.2) is 6.61 Å². The van der Waals surface area contributed by atoms with E-state index in [4.69, 9.17) is 16.3 Å². The Hall–Kier alpha value is -2.05. The number of amides is 1. The molecule has 1 atom stereocenters. The number of pyridine rings is 1. The molecule has 0 saturated heterocycles. The molecule has 1 aromatic carbocycles. The van der Waals surface area contributed by atoms with Crippen LogP contribution in [0.5, 0.6) is 0 Å². The molecule has 0 spiro atoms. The Balaban J connectivity index is 1.88. The molecule has 5 nitrogen and oxygen atoms in total. The molecule has 0 fully saturated rings. The molecular formula is C17H17ClN2O3S. The highest BCUT2D eigenvalue weighted by molar-refractivity contribution is 7.98. The van der Waals surface area contributed by atoms with Gasteiger partial charge in [0.05, 0.1) is 11.6 Å². The van der Waals surface area contributed by atoms with Crippen LogP contribution < -0.4 is 5.32 Å². The van der Waals surface area contributed by atoms with Crippen LogP contribution >= 0.6 is 23.4 Å². The van der Waals surface area contributed by atoms with Gasteiger partial charge in [-0.25, -0.2) is 9.78 Å². The number of hydrogen-bond donors (Lipinski definition) is 1. The van der Waals surface area contributed by atoms with Gasteiger partial charge < -0.3 is 10.1 Å². The molecule has 0 saturated carbocycles. The minimum atomic E-state index is -0.568. The van der Waals surface area contributed by atoms with Crippen LogP contribution in [0, 0.1) is 0 Å². The first-order valence-corrected chi connectivity index (χ1v) is 8.82. The smallest absolute Gasteiger partial charge is 0.341 e. The average molecular weight is 365 g/mol. The summed E-state index contributed by atoms with van der Waals surface area (Å²) in [5.41, 5.74) is 1.26. The Labute approximate surface area is 149 Å². The van der Waals surface area contributed by atoms with Crippen molar-refractivity contribution in [2.75, 3.05) is 12.9 Å². The van der Waals surface area contributed by atoms with Crippen LogP contribution in [0.15, 0.2) is 47.6 Å². The number of halogens is 1. The molecule has 0 unspecified atom stereocenters. The minimum absolute atomic E-state index is 0.214. The fourth-order valence-electron chi connectivity index (χ4n) is 2.04. The summed E-state index contributed by atoms with van der Waals surface area (Å²) in [4.78, 5) is 28.1. The molecule has 126 valence electrons. The van der Waals surface area contributed by atoms with Gasteiger partial charge >= 0.3 is 5.97 Å². The molecule has 1 N–H and O–H groups in total. The molecule has 24 heavy (non-hydrogen) atoms. The fraction of sp³-hybridized carbons (Fsp3) is 0.235. The van der Waals surface area contributed by atoms with Crippen LogP contribution in [0.2, 0.25) is 5.02 Å². The molecule has 1 heterocycles. The number of ether oxygens (including phenoxy) is 1. The number of nitrogens with one attached hydrogen (secondary N) is 1. The van der Waals surface area contributed by atoms with Crippen molar-refractivity contribution in [3.63, 3.8) is 0 Å². The Morgan fingerprint density at radius 3 is 2.67 bits per heavy atom. The van der Waals surface area contributed by atoms with Crippen LogP contribution in [0.4, 0.5) is 0 Å². The third-order valence-corrected chi connectivity index (χ3v) is 4.23. The predicted octanol–water partition coefficient (Wildman–Crippen LogP) is 3.49. The van der Waals surface area contributed by atoms with Crippen molar-refractivity contribution in [1.82, 2.24) is 10.3 Å². The van der Waals surface area contributed by atoms with E-state index in [1.165, 1.54) is 11.8 Å². The van der Waals surface area contributed by atoms with Gasteiger partial charge in [-0.1, -0.05) is 23.7 Å². The summed E-state index contributed by atoms with van der Waals surface area (Å²) in [6.07, 6.45) is 3.42. The van der Waals surface area contributed by atoms with Gasteiger partial charge in [-0.15, -0.1) is 11.8 Å². The second kappa shape index (κ2) is 8.70. The normalized spacial score (nSPS) is 11.6. The number of thioether (sulfide) groups is 1. The molecule has 0 radical (unpaired) electrons. The Kier molecular flexibility index (Phi) is 6.63. The minimum Gasteiger partial charge on any atom is -0.452 e. The number of nitrogens with zero attached hydrogens (tertiary/aromatic N) is 1. The van der Waals surface area contributed by atoms with Gasteiger partial charge in [-0.05, 0) is 43.0 Å². The molecular weight excluding hydrogens is 348 g/mol. The molecule has 7 heteroatoms. The van der Waals surface area contributed by atoms with Gasteiger partial charge in [-0.3, -0.25) is 4.79 Å². The molecule has 2 rings (SSSR count). The summed E-state index contributed by atoms with van der Waals surface area (Å²) in [5, 5.41) is 3.97. The second-order valence-electron chi connectivity index (χ2n) is 4.98. The monoisotopic (exact) mass is 364 g/mol. The van der Waals surface area contributed by atoms with Crippen molar-refractivity contribution in [2.45, 2.75) is 18.0 Å². The first-order chi connectivity index (χ1) is 11.5. The van der Waals surface area contributed by atoms with Gasteiger partial charge in [-0.2, -0.15) is 0 Å². The summed E-state index contributed by atoms with van der Waals surface area (Å²) in [6, 6.07) is 10.2. The second-order valence-corrected chi connectivity index (χ2v) is 6.21. The SMILES string of the molecule is CSc1ncccc1C(=O)OCC(=O)N[C@@H](C)c1ccc(Cl)cc1.